The number of aliphatic imine (C=N–C) groups is 1. The molecule has 34 heavy (non-hydrogen) atoms. The molecular weight excluding hydrogens is 442 g/mol. The van der Waals surface area contributed by atoms with Crippen molar-refractivity contribution in [2.75, 3.05) is 39.8 Å². The number of benzene rings is 1. The fraction of sp³-hybridized carbons (Fsp3) is 0.333. The lowest BCUT2D eigenvalue weighted by Gasteiger charge is -2.31. The Morgan fingerprint density at radius 2 is 1.97 bits per heavy atom. The summed E-state index contributed by atoms with van der Waals surface area (Å²) in [5.41, 5.74) is 6.44. The molecule has 1 saturated heterocycles. The number of allylic oxidation sites excluding steroid dienone is 1. The molecule has 0 N–H and O–H groups in total. The molecule has 6 nitrogen and oxygen atoms in total. The van der Waals surface area contributed by atoms with Crippen molar-refractivity contribution >= 4 is 28.9 Å². The summed E-state index contributed by atoms with van der Waals surface area (Å²) in [6.45, 7) is 7.20. The number of ketones is 1. The zero-order valence-electron chi connectivity index (χ0n) is 19.7. The summed E-state index contributed by atoms with van der Waals surface area (Å²) >= 11 is 1.64. The normalized spacial score (nSPS) is 16.7. The minimum atomic E-state index is 0.247. The maximum absolute atomic E-state index is 12.7. The first kappa shape index (κ1) is 22.8. The molecule has 0 radical (unpaired) electrons. The number of fused-ring (bicyclic) bond motifs is 1. The molecule has 2 aromatic heterocycles. The Balaban J connectivity index is 1.25. The Morgan fingerprint density at radius 3 is 2.76 bits per heavy atom. The number of aryl methyl sites for hydroxylation is 1. The van der Waals surface area contributed by atoms with Crippen LogP contribution in [0.4, 0.5) is 0 Å². The molecule has 3 aromatic rings. The van der Waals surface area contributed by atoms with Crippen LogP contribution in [0.15, 0.2) is 53.7 Å². The zero-order valence-corrected chi connectivity index (χ0v) is 20.5. The number of aromatic nitrogens is 2. The van der Waals surface area contributed by atoms with Gasteiger partial charge in [0, 0.05) is 37.9 Å². The first-order valence-electron chi connectivity index (χ1n) is 11.7. The summed E-state index contributed by atoms with van der Waals surface area (Å²) in [6, 6.07) is 12.4. The van der Waals surface area contributed by atoms with Crippen molar-refractivity contribution in [1.82, 2.24) is 19.8 Å². The first-order valence-corrected chi connectivity index (χ1v) is 12.5. The zero-order chi connectivity index (χ0) is 23.5. The lowest BCUT2D eigenvalue weighted by Crippen LogP contribution is -2.46. The lowest BCUT2D eigenvalue weighted by molar-refractivity contribution is -0.119. The molecule has 4 heterocycles. The molecule has 2 aliphatic heterocycles. The minimum Gasteiger partial charge on any atom is -0.304 e. The van der Waals surface area contributed by atoms with Gasteiger partial charge in [-0.2, -0.15) is 0 Å². The number of carbonyl (C=O) groups excluding carboxylic acids is 1. The summed E-state index contributed by atoms with van der Waals surface area (Å²) in [6.07, 6.45) is 6.24. The molecule has 0 amide bonds. The fourth-order valence-corrected chi connectivity index (χ4v) is 5.52. The number of Topliss-reactive ketones (excluding diaryl/α,β-unsaturated/α-hetero) is 1. The number of hydrogen-bond acceptors (Lipinski definition) is 7. The third-order valence-electron chi connectivity index (χ3n) is 6.35. The van der Waals surface area contributed by atoms with Crippen molar-refractivity contribution in [3.05, 3.63) is 76.2 Å². The second-order valence-electron chi connectivity index (χ2n) is 8.98. The second kappa shape index (κ2) is 10.1. The van der Waals surface area contributed by atoms with Gasteiger partial charge in [0.1, 0.15) is 5.01 Å². The Hall–Kier alpha value is -3.00. The van der Waals surface area contributed by atoms with E-state index in [9.17, 15) is 4.79 Å². The highest BCUT2D eigenvalue weighted by atomic mass is 32.1. The predicted octanol–water partition coefficient (Wildman–Crippen LogP) is 3.89. The highest BCUT2D eigenvalue weighted by molar-refractivity contribution is 7.15. The number of likely N-dealkylation sites (N-methyl/N-ethyl adjacent to an activating group) is 1. The van der Waals surface area contributed by atoms with E-state index >= 15 is 0 Å². The van der Waals surface area contributed by atoms with Gasteiger partial charge < -0.3 is 4.90 Å². The molecule has 7 heteroatoms. The second-order valence-corrected chi connectivity index (χ2v) is 10.1. The maximum atomic E-state index is 12.7. The van der Waals surface area contributed by atoms with Crippen LogP contribution in [0.5, 0.6) is 0 Å². The van der Waals surface area contributed by atoms with E-state index in [2.05, 4.69) is 40.0 Å². The Bertz CT molecular complexity index is 1240. The topological polar surface area (TPSA) is 61.7 Å². The van der Waals surface area contributed by atoms with E-state index in [4.69, 9.17) is 9.98 Å². The molecule has 5 rings (SSSR count). The summed E-state index contributed by atoms with van der Waals surface area (Å²) in [4.78, 5) is 32.1. The van der Waals surface area contributed by atoms with Crippen LogP contribution < -0.4 is 0 Å². The first-order chi connectivity index (χ1) is 16.5. The highest BCUT2D eigenvalue weighted by Gasteiger charge is 2.20. The van der Waals surface area contributed by atoms with Crippen LogP contribution in [-0.2, 0) is 17.8 Å². The van der Waals surface area contributed by atoms with Gasteiger partial charge in [0.2, 0.25) is 0 Å². The van der Waals surface area contributed by atoms with E-state index in [1.54, 1.807) is 17.5 Å². The van der Waals surface area contributed by atoms with Crippen LogP contribution in [0.3, 0.4) is 0 Å². The third-order valence-corrected chi connectivity index (χ3v) is 7.55. The quantitative estimate of drug-likeness (QED) is 0.523. The molecule has 0 unspecified atom stereocenters. The molecule has 174 valence electrons. The smallest absolute Gasteiger partial charge is 0.153 e. The largest absolute Gasteiger partial charge is 0.304 e. The molecule has 0 aliphatic carbocycles. The molecule has 0 bridgehead atoms. The number of pyridine rings is 1. The van der Waals surface area contributed by atoms with Gasteiger partial charge in [-0.3, -0.25) is 19.7 Å². The minimum absolute atomic E-state index is 0.247. The van der Waals surface area contributed by atoms with E-state index in [0.717, 1.165) is 58.7 Å². The van der Waals surface area contributed by atoms with Crippen molar-refractivity contribution < 1.29 is 4.79 Å². The van der Waals surface area contributed by atoms with Gasteiger partial charge in [-0.1, -0.05) is 18.2 Å². The Labute approximate surface area is 204 Å². The Morgan fingerprint density at radius 1 is 1.12 bits per heavy atom. The number of hydrogen-bond donors (Lipinski definition) is 0. The number of thiazole rings is 1. The van der Waals surface area contributed by atoms with Crippen LogP contribution in [0, 0.1) is 6.92 Å². The lowest BCUT2D eigenvalue weighted by atomic mass is 10.0. The van der Waals surface area contributed by atoms with Gasteiger partial charge in [-0.05, 0) is 55.4 Å². The van der Waals surface area contributed by atoms with Crippen molar-refractivity contribution in [3.8, 4) is 10.4 Å². The summed E-state index contributed by atoms with van der Waals surface area (Å²) in [7, 11) is 2.13. The van der Waals surface area contributed by atoms with E-state index < -0.39 is 0 Å². The molecule has 0 spiro atoms. The van der Waals surface area contributed by atoms with Gasteiger partial charge in [0.25, 0.3) is 0 Å². The SMILES string of the molecule is Cc1nc(CC(=O)CN2CCN(C)CC2)sc1-c1ccc2c(c1)CN=C2/C=C/c1ccccn1. The summed E-state index contributed by atoms with van der Waals surface area (Å²) in [5.74, 6) is 0.247. The monoisotopic (exact) mass is 471 g/mol. The fourth-order valence-electron chi connectivity index (χ4n) is 4.43. The average Bonchev–Trinajstić information content (AvgIpc) is 3.42. The van der Waals surface area contributed by atoms with Gasteiger partial charge in [-0.25, -0.2) is 4.98 Å². The van der Waals surface area contributed by atoms with Crippen LogP contribution >= 0.6 is 11.3 Å². The van der Waals surface area contributed by atoms with Gasteiger partial charge >= 0.3 is 0 Å². The van der Waals surface area contributed by atoms with Gasteiger partial charge in [-0.15, -0.1) is 11.3 Å². The standard InChI is InChI=1S/C27H29N5OS/c1-19-27(34-26(30-19)16-23(33)18-32-13-11-31(2)12-14-32)20-6-8-24-21(15-20)17-29-25(24)9-7-22-5-3-4-10-28-22/h3-10,15H,11-14,16-18H2,1-2H3/b9-7+. The number of nitrogens with zero attached hydrogens (tertiary/aromatic N) is 5. The van der Waals surface area contributed by atoms with Crippen LogP contribution in [0.2, 0.25) is 0 Å². The van der Waals surface area contributed by atoms with E-state index in [-0.39, 0.29) is 5.78 Å². The average molecular weight is 472 g/mol. The summed E-state index contributed by atoms with van der Waals surface area (Å²) in [5, 5.41) is 0.905. The van der Waals surface area contributed by atoms with E-state index in [1.165, 1.54) is 11.1 Å². The maximum Gasteiger partial charge on any atom is 0.153 e. The molecule has 2 aliphatic rings. The number of carbonyl (C=O) groups is 1. The molecule has 0 atom stereocenters. The Kier molecular flexibility index (Phi) is 6.76. The van der Waals surface area contributed by atoms with Crippen LogP contribution in [-0.4, -0.2) is 71.0 Å². The molecular formula is C27H29N5OS. The number of piperazine rings is 1. The van der Waals surface area contributed by atoms with E-state index in [0.29, 0.717) is 19.5 Å². The third kappa shape index (κ3) is 5.22. The van der Waals surface area contributed by atoms with E-state index in [1.807, 2.05) is 37.3 Å². The predicted molar refractivity (Wildman–Crippen MR) is 138 cm³/mol. The molecule has 1 fully saturated rings. The van der Waals surface area contributed by atoms with Crippen molar-refractivity contribution in [1.29, 1.82) is 0 Å². The molecule has 1 aromatic carbocycles. The highest BCUT2D eigenvalue weighted by Crippen LogP contribution is 2.33. The van der Waals surface area contributed by atoms with Crippen LogP contribution in [0.1, 0.15) is 27.5 Å². The molecule has 0 saturated carbocycles. The van der Waals surface area contributed by atoms with Gasteiger partial charge in [0.05, 0.1) is 41.5 Å². The summed E-state index contributed by atoms with van der Waals surface area (Å²) < 4.78 is 0. The van der Waals surface area contributed by atoms with Crippen LogP contribution in [0.25, 0.3) is 16.5 Å². The van der Waals surface area contributed by atoms with Crippen molar-refractivity contribution in [2.45, 2.75) is 19.9 Å². The van der Waals surface area contributed by atoms with Gasteiger partial charge in [0.15, 0.2) is 5.78 Å². The van der Waals surface area contributed by atoms with Crippen molar-refractivity contribution in [2.24, 2.45) is 4.99 Å². The number of rotatable bonds is 7. The van der Waals surface area contributed by atoms with Crippen molar-refractivity contribution in [3.63, 3.8) is 0 Å².